The minimum Gasteiger partial charge on any atom is -0.481 e. The molecule has 0 aliphatic carbocycles. The van der Waals surface area contributed by atoms with Gasteiger partial charge in [-0.15, -0.1) is 0 Å². The lowest BCUT2D eigenvalue weighted by molar-refractivity contribution is 0.397. The molecule has 0 amide bonds. The number of hydrogen-bond acceptors (Lipinski definition) is 4. The van der Waals surface area contributed by atoms with Crippen LogP contribution in [0, 0.1) is 5.82 Å². The number of nitrogens with zero attached hydrogens (tertiary/aromatic N) is 3. The number of rotatable bonds is 4. The minimum absolute atomic E-state index is 0.243. The van der Waals surface area contributed by atoms with Crippen LogP contribution in [0.25, 0.3) is 0 Å². The summed E-state index contributed by atoms with van der Waals surface area (Å²) in [6, 6.07) is 8.15. The van der Waals surface area contributed by atoms with Gasteiger partial charge in [-0.25, -0.2) is 9.37 Å². The maximum absolute atomic E-state index is 13.1. The van der Waals surface area contributed by atoms with Crippen molar-refractivity contribution >= 4 is 5.95 Å². The molecule has 1 aromatic carbocycles. The maximum atomic E-state index is 13.1. The van der Waals surface area contributed by atoms with Crippen LogP contribution in [0.5, 0.6) is 5.88 Å². The fraction of sp³-hybridized carbons (Fsp3) is 0.231. The van der Waals surface area contributed by atoms with Gasteiger partial charge in [0.2, 0.25) is 11.8 Å². The molecule has 4 nitrogen and oxygen atoms in total. The lowest BCUT2D eigenvalue weighted by atomic mass is 10.2. The van der Waals surface area contributed by atoms with Crippen LogP contribution in [-0.2, 0) is 6.54 Å². The molecule has 0 atom stereocenters. The van der Waals surface area contributed by atoms with Crippen molar-refractivity contribution in [3.63, 3.8) is 0 Å². The van der Waals surface area contributed by atoms with E-state index < -0.39 is 0 Å². The molecule has 94 valence electrons. The van der Waals surface area contributed by atoms with Crippen molar-refractivity contribution in [1.29, 1.82) is 0 Å². The highest BCUT2D eigenvalue weighted by molar-refractivity contribution is 5.33. The number of halogens is 1. The lowest BCUT2D eigenvalue weighted by Crippen LogP contribution is -2.19. The summed E-state index contributed by atoms with van der Waals surface area (Å²) in [5.74, 6) is 0.803. The summed E-state index contributed by atoms with van der Waals surface area (Å²) in [6.07, 6.45) is 1.63. The normalized spacial score (nSPS) is 10.2. The summed E-state index contributed by atoms with van der Waals surface area (Å²) >= 11 is 0. The smallest absolute Gasteiger partial charge is 0.228 e. The van der Waals surface area contributed by atoms with Crippen LogP contribution in [0.15, 0.2) is 36.5 Å². The van der Waals surface area contributed by atoms with E-state index >= 15 is 0 Å². The highest BCUT2D eigenvalue weighted by Gasteiger charge is 2.06. The van der Waals surface area contributed by atoms with E-state index in [-0.39, 0.29) is 5.82 Å². The van der Waals surface area contributed by atoms with Crippen LogP contribution in [-0.4, -0.2) is 24.1 Å². The Balaban J connectivity index is 2.13. The Kier molecular flexibility index (Phi) is 3.72. The van der Waals surface area contributed by atoms with Crippen molar-refractivity contribution in [3.8, 4) is 5.88 Å². The van der Waals surface area contributed by atoms with Gasteiger partial charge in [0, 0.05) is 25.9 Å². The molecule has 2 rings (SSSR count). The Morgan fingerprint density at radius 2 is 2.17 bits per heavy atom. The fourth-order valence-electron chi connectivity index (χ4n) is 1.61. The molecule has 0 spiro atoms. The molecule has 0 saturated heterocycles. The zero-order valence-electron chi connectivity index (χ0n) is 10.3. The molecule has 18 heavy (non-hydrogen) atoms. The predicted octanol–water partition coefficient (Wildman–Crippen LogP) is 2.26. The standard InChI is InChI=1S/C13H14FN3O/c1-17(9-10-4-3-5-11(14)8-10)13-15-7-6-12(16-13)18-2/h3-8H,9H2,1-2H3. The van der Waals surface area contributed by atoms with Crippen LogP contribution in [0.2, 0.25) is 0 Å². The second kappa shape index (κ2) is 5.44. The molecule has 0 N–H and O–H groups in total. The maximum Gasteiger partial charge on any atom is 0.228 e. The fourth-order valence-corrected chi connectivity index (χ4v) is 1.61. The van der Waals surface area contributed by atoms with Gasteiger partial charge in [-0.3, -0.25) is 0 Å². The molecule has 1 aromatic heterocycles. The topological polar surface area (TPSA) is 38.2 Å². The number of aromatic nitrogens is 2. The van der Waals surface area contributed by atoms with Gasteiger partial charge in [-0.1, -0.05) is 12.1 Å². The zero-order valence-corrected chi connectivity index (χ0v) is 10.3. The second-order valence-corrected chi connectivity index (χ2v) is 3.88. The van der Waals surface area contributed by atoms with Crippen LogP contribution >= 0.6 is 0 Å². The third kappa shape index (κ3) is 2.94. The van der Waals surface area contributed by atoms with E-state index in [1.165, 1.54) is 12.1 Å². The Morgan fingerprint density at radius 3 is 2.89 bits per heavy atom. The summed E-state index contributed by atoms with van der Waals surface area (Å²) in [6.45, 7) is 0.533. The third-order valence-corrected chi connectivity index (χ3v) is 2.48. The number of hydrogen-bond donors (Lipinski definition) is 0. The van der Waals surface area contributed by atoms with Gasteiger partial charge >= 0.3 is 0 Å². The molecular formula is C13H14FN3O. The van der Waals surface area contributed by atoms with Crippen molar-refractivity contribution < 1.29 is 9.13 Å². The van der Waals surface area contributed by atoms with E-state index in [0.29, 0.717) is 18.4 Å². The lowest BCUT2D eigenvalue weighted by Gasteiger charge is -2.17. The largest absolute Gasteiger partial charge is 0.481 e. The highest BCUT2D eigenvalue weighted by Crippen LogP contribution is 2.14. The summed E-state index contributed by atoms with van der Waals surface area (Å²) in [7, 11) is 3.40. The van der Waals surface area contributed by atoms with Gasteiger partial charge < -0.3 is 9.64 Å². The van der Waals surface area contributed by atoms with Crippen molar-refractivity contribution in [2.45, 2.75) is 6.54 Å². The average Bonchev–Trinajstić information content (AvgIpc) is 2.39. The van der Waals surface area contributed by atoms with Crippen LogP contribution in [0.3, 0.4) is 0 Å². The second-order valence-electron chi connectivity index (χ2n) is 3.88. The van der Waals surface area contributed by atoms with E-state index in [4.69, 9.17) is 4.74 Å². The van der Waals surface area contributed by atoms with Gasteiger partial charge in [-0.2, -0.15) is 4.98 Å². The van der Waals surface area contributed by atoms with Crippen molar-refractivity contribution in [3.05, 3.63) is 47.9 Å². The van der Waals surface area contributed by atoms with Gasteiger partial charge in [0.1, 0.15) is 5.82 Å². The first-order valence-electron chi connectivity index (χ1n) is 5.51. The highest BCUT2D eigenvalue weighted by atomic mass is 19.1. The van der Waals surface area contributed by atoms with Gasteiger partial charge in [0.25, 0.3) is 0 Å². The molecule has 1 heterocycles. The van der Waals surface area contributed by atoms with E-state index in [1.807, 2.05) is 18.0 Å². The first-order valence-corrected chi connectivity index (χ1v) is 5.51. The SMILES string of the molecule is COc1ccnc(N(C)Cc2cccc(F)c2)n1. The number of methoxy groups -OCH3 is 1. The van der Waals surface area contributed by atoms with Gasteiger partial charge in [-0.05, 0) is 17.7 Å². The zero-order chi connectivity index (χ0) is 13.0. The molecule has 0 bridgehead atoms. The van der Waals surface area contributed by atoms with Gasteiger partial charge in [0.05, 0.1) is 7.11 Å². The number of ether oxygens (including phenoxy) is 1. The van der Waals surface area contributed by atoms with Crippen molar-refractivity contribution in [2.75, 3.05) is 19.1 Å². The van der Waals surface area contributed by atoms with Crippen LogP contribution in [0.1, 0.15) is 5.56 Å². The summed E-state index contributed by atoms with van der Waals surface area (Å²) in [5, 5.41) is 0. The van der Waals surface area contributed by atoms with Crippen molar-refractivity contribution in [2.24, 2.45) is 0 Å². The Bertz CT molecular complexity index is 533. The Morgan fingerprint density at radius 1 is 1.33 bits per heavy atom. The molecule has 0 aliphatic rings. The van der Waals surface area contributed by atoms with E-state index in [2.05, 4.69) is 9.97 Å². The molecule has 0 radical (unpaired) electrons. The van der Waals surface area contributed by atoms with E-state index in [0.717, 1.165) is 5.56 Å². The summed E-state index contributed by atoms with van der Waals surface area (Å²) in [4.78, 5) is 10.2. The Hall–Kier alpha value is -2.17. The Labute approximate surface area is 105 Å². The third-order valence-electron chi connectivity index (χ3n) is 2.48. The van der Waals surface area contributed by atoms with Crippen LogP contribution < -0.4 is 9.64 Å². The summed E-state index contributed by atoms with van der Waals surface area (Å²) in [5.41, 5.74) is 0.865. The molecule has 0 aliphatic heterocycles. The molecule has 2 aromatic rings. The number of anilines is 1. The first-order chi connectivity index (χ1) is 8.69. The molecule has 0 saturated carbocycles. The van der Waals surface area contributed by atoms with E-state index in [1.54, 1.807) is 25.4 Å². The van der Waals surface area contributed by atoms with Crippen LogP contribution in [0.4, 0.5) is 10.3 Å². The van der Waals surface area contributed by atoms with Crippen molar-refractivity contribution in [1.82, 2.24) is 9.97 Å². The summed E-state index contributed by atoms with van der Waals surface area (Å²) < 4.78 is 18.1. The molecule has 5 heteroatoms. The quantitative estimate of drug-likeness (QED) is 0.830. The molecular weight excluding hydrogens is 233 g/mol. The minimum atomic E-state index is -0.243. The average molecular weight is 247 g/mol. The monoisotopic (exact) mass is 247 g/mol. The molecule has 0 unspecified atom stereocenters. The number of benzene rings is 1. The predicted molar refractivity (Wildman–Crippen MR) is 67.1 cm³/mol. The van der Waals surface area contributed by atoms with E-state index in [9.17, 15) is 4.39 Å². The van der Waals surface area contributed by atoms with Gasteiger partial charge in [0.15, 0.2) is 0 Å². The first kappa shape index (κ1) is 12.3. The molecule has 0 fully saturated rings.